The van der Waals surface area contributed by atoms with Gasteiger partial charge in [0.1, 0.15) is 0 Å². The summed E-state index contributed by atoms with van der Waals surface area (Å²) in [6.45, 7) is 1.67. The standard InChI is InChI=1S/C19H18N2O5/c1-12(17-20-21-18(26-17)13-7-5-4-6-8-13)25-19(22)14-9-10-15(23-2)16(11-14)24-3/h4-12H,1-3H3. The van der Waals surface area contributed by atoms with Gasteiger partial charge in [0.05, 0.1) is 19.8 Å². The van der Waals surface area contributed by atoms with E-state index in [9.17, 15) is 4.79 Å². The van der Waals surface area contributed by atoms with Crippen molar-refractivity contribution >= 4 is 5.97 Å². The van der Waals surface area contributed by atoms with Crippen LogP contribution in [0, 0.1) is 0 Å². The van der Waals surface area contributed by atoms with Gasteiger partial charge >= 0.3 is 5.97 Å². The Balaban J connectivity index is 1.73. The topological polar surface area (TPSA) is 83.7 Å². The van der Waals surface area contributed by atoms with E-state index in [0.29, 0.717) is 23.0 Å². The van der Waals surface area contributed by atoms with Gasteiger partial charge in [0.2, 0.25) is 5.89 Å². The molecule has 0 fully saturated rings. The molecule has 1 unspecified atom stereocenters. The van der Waals surface area contributed by atoms with Gasteiger partial charge in [0, 0.05) is 5.56 Å². The quantitative estimate of drug-likeness (QED) is 0.624. The highest BCUT2D eigenvalue weighted by Gasteiger charge is 2.21. The van der Waals surface area contributed by atoms with Crippen molar-refractivity contribution in [3.8, 4) is 23.0 Å². The molecule has 0 amide bonds. The number of nitrogens with zero attached hydrogens (tertiary/aromatic N) is 2. The van der Waals surface area contributed by atoms with Gasteiger partial charge < -0.3 is 18.6 Å². The van der Waals surface area contributed by atoms with Crippen molar-refractivity contribution in [1.29, 1.82) is 0 Å². The molecule has 0 spiro atoms. The summed E-state index contributed by atoms with van der Waals surface area (Å²) < 4.78 is 21.4. The summed E-state index contributed by atoms with van der Waals surface area (Å²) in [7, 11) is 3.02. The van der Waals surface area contributed by atoms with Crippen molar-refractivity contribution < 1.29 is 23.4 Å². The van der Waals surface area contributed by atoms with Crippen LogP contribution in [0.25, 0.3) is 11.5 Å². The minimum absolute atomic E-state index is 0.220. The Labute approximate surface area is 150 Å². The molecule has 0 aliphatic carbocycles. The highest BCUT2D eigenvalue weighted by molar-refractivity contribution is 5.90. The third kappa shape index (κ3) is 3.66. The molecule has 0 aliphatic rings. The van der Waals surface area contributed by atoms with Crippen molar-refractivity contribution in [3.05, 3.63) is 60.0 Å². The van der Waals surface area contributed by atoms with Crippen molar-refractivity contribution in [3.63, 3.8) is 0 Å². The summed E-state index contributed by atoms with van der Waals surface area (Å²) >= 11 is 0. The molecule has 3 aromatic rings. The third-order valence-corrected chi connectivity index (χ3v) is 3.71. The molecule has 1 atom stereocenters. The van der Waals surface area contributed by atoms with Gasteiger partial charge in [-0.15, -0.1) is 10.2 Å². The van der Waals surface area contributed by atoms with Crippen LogP contribution in [0.1, 0.15) is 29.3 Å². The molecule has 0 bridgehead atoms. The highest BCUT2D eigenvalue weighted by Crippen LogP contribution is 2.29. The summed E-state index contributed by atoms with van der Waals surface area (Å²) in [6.07, 6.45) is -0.694. The molecule has 7 heteroatoms. The highest BCUT2D eigenvalue weighted by atomic mass is 16.6. The van der Waals surface area contributed by atoms with Crippen LogP contribution in [0.15, 0.2) is 52.9 Å². The number of rotatable bonds is 6. The largest absolute Gasteiger partial charge is 0.493 e. The average Bonchev–Trinajstić information content (AvgIpc) is 3.18. The number of benzene rings is 2. The number of carbonyl (C=O) groups excluding carboxylic acids is 1. The van der Waals surface area contributed by atoms with Crippen LogP contribution < -0.4 is 9.47 Å². The van der Waals surface area contributed by atoms with Crippen LogP contribution in [0.2, 0.25) is 0 Å². The normalized spacial score (nSPS) is 11.7. The van der Waals surface area contributed by atoms with Crippen molar-refractivity contribution in [2.75, 3.05) is 14.2 Å². The van der Waals surface area contributed by atoms with Crippen LogP contribution in [-0.2, 0) is 4.74 Å². The van der Waals surface area contributed by atoms with Crippen LogP contribution in [-0.4, -0.2) is 30.4 Å². The Morgan fingerprint density at radius 3 is 2.42 bits per heavy atom. The second-order valence-corrected chi connectivity index (χ2v) is 5.43. The third-order valence-electron chi connectivity index (χ3n) is 3.71. The minimum Gasteiger partial charge on any atom is -0.493 e. The van der Waals surface area contributed by atoms with Gasteiger partial charge in [-0.3, -0.25) is 0 Å². The van der Waals surface area contributed by atoms with Gasteiger partial charge in [0.25, 0.3) is 5.89 Å². The van der Waals surface area contributed by atoms with Gasteiger partial charge in [-0.2, -0.15) is 0 Å². The molecular formula is C19H18N2O5. The lowest BCUT2D eigenvalue weighted by molar-refractivity contribution is 0.0279. The molecule has 1 aromatic heterocycles. The Bertz CT molecular complexity index is 892. The Morgan fingerprint density at radius 2 is 1.73 bits per heavy atom. The fraction of sp³-hybridized carbons (Fsp3) is 0.211. The van der Waals surface area contributed by atoms with Crippen molar-refractivity contribution in [2.45, 2.75) is 13.0 Å². The molecule has 134 valence electrons. The van der Waals surface area contributed by atoms with Crippen molar-refractivity contribution in [1.82, 2.24) is 10.2 Å². The average molecular weight is 354 g/mol. The van der Waals surface area contributed by atoms with E-state index in [0.717, 1.165) is 5.56 Å². The number of hydrogen-bond donors (Lipinski definition) is 0. The molecule has 0 radical (unpaired) electrons. The predicted molar refractivity (Wildman–Crippen MR) is 93.1 cm³/mol. The molecule has 0 saturated carbocycles. The number of carbonyl (C=O) groups is 1. The van der Waals surface area contributed by atoms with Crippen LogP contribution in [0.5, 0.6) is 11.5 Å². The minimum atomic E-state index is -0.694. The van der Waals surface area contributed by atoms with E-state index in [1.165, 1.54) is 14.2 Å². The first kappa shape index (κ1) is 17.5. The summed E-state index contributed by atoms with van der Waals surface area (Å²) in [5, 5.41) is 7.95. The van der Waals surface area contributed by atoms with E-state index in [1.807, 2.05) is 30.3 Å². The molecule has 0 aliphatic heterocycles. The summed E-state index contributed by atoms with van der Waals surface area (Å²) in [4.78, 5) is 12.4. The summed E-state index contributed by atoms with van der Waals surface area (Å²) in [6, 6.07) is 14.2. The first-order valence-electron chi connectivity index (χ1n) is 7.94. The number of aromatic nitrogens is 2. The molecule has 3 rings (SSSR count). The van der Waals surface area contributed by atoms with E-state index in [2.05, 4.69) is 10.2 Å². The van der Waals surface area contributed by atoms with Crippen LogP contribution >= 0.6 is 0 Å². The van der Waals surface area contributed by atoms with Gasteiger partial charge in [-0.1, -0.05) is 18.2 Å². The molecule has 7 nitrogen and oxygen atoms in total. The maximum atomic E-state index is 12.4. The number of methoxy groups -OCH3 is 2. The number of esters is 1. The fourth-order valence-corrected chi connectivity index (χ4v) is 2.34. The molecule has 0 N–H and O–H groups in total. The zero-order valence-electron chi connectivity index (χ0n) is 14.6. The van der Waals surface area contributed by atoms with E-state index in [4.69, 9.17) is 18.6 Å². The van der Waals surface area contributed by atoms with Gasteiger partial charge in [-0.25, -0.2) is 4.79 Å². The first-order chi connectivity index (χ1) is 12.6. The molecule has 26 heavy (non-hydrogen) atoms. The van der Waals surface area contributed by atoms with E-state index in [-0.39, 0.29) is 5.89 Å². The first-order valence-corrected chi connectivity index (χ1v) is 7.94. The SMILES string of the molecule is COc1ccc(C(=O)OC(C)c2nnc(-c3ccccc3)o2)cc1OC. The Hall–Kier alpha value is -3.35. The van der Waals surface area contributed by atoms with Gasteiger partial charge in [-0.05, 0) is 37.3 Å². The lowest BCUT2D eigenvalue weighted by Gasteiger charge is -2.11. The number of ether oxygens (including phenoxy) is 3. The van der Waals surface area contributed by atoms with Crippen LogP contribution in [0.3, 0.4) is 0 Å². The molecular weight excluding hydrogens is 336 g/mol. The van der Waals surface area contributed by atoms with Gasteiger partial charge in [0.15, 0.2) is 17.6 Å². The van der Waals surface area contributed by atoms with E-state index in [1.54, 1.807) is 25.1 Å². The maximum Gasteiger partial charge on any atom is 0.339 e. The summed E-state index contributed by atoms with van der Waals surface area (Å²) in [5.41, 5.74) is 1.13. The number of hydrogen-bond acceptors (Lipinski definition) is 7. The summed E-state index contributed by atoms with van der Waals surface area (Å²) in [5.74, 6) is 1.03. The predicted octanol–water partition coefficient (Wildman–Crippen LogP) is 3.67. The monoisotopic (exact) mass is 354 g/mol. The van der Waals surface area contributed by atoms with E-state index >= 15 is 0 Å². The molecule has 2 aromatic carbocycles. The molecule has 0 saturated heterocycles. The Morgan fingerprint density at radius 1 is 1.00 bits per heavy atom. The van der Waals surface area contributed by atoms with Crippen LogP contribution in [0.4, 0.5) is 0 Å². The Kier molecular flexibility index (Phi) is 5.17. The lowest BCUT2D eigenvalue weighted by atomic mass is 10.2. The fourth-order valence-electron chi connectivity index (χ4n) is 2.34. The second-order valence-electron chi connectivity index (χ2n) is 5.43. The van der Waals surface area contributed by atoms with Crippen molar-refractivity contribution in [2.24, 2.45) is 0 Å². The molecule has 1 heterocycles. The second kappa shape index (κ2) is 7.69. The van der Waals surface area contributed by atoms with E-state index < -0.39 is 12.1 Å². The smallest absolute Gasteiger partial charge is 0.339 e. The zero-order chi connectivity index (χ0) is 18.5. The zero-order valence-corrected chi connectivity index (χ0v) is 14.6. The maximum absolute atomic E-state index is 12.4. The lowest BCUT2D eigenvalue weighted by Crippen LogP contribution is -2.10.